The molecule has 0 aliphatic rings. The number of hydrogen-bond acceptors (Lipinski definition) is 5. The third-order valence-electron chi connectivity index (χ3n) is 2.97. The molecule has 1 aromatic heterocycles. The van der Waals surface area contributed by atoms with Crippen molar-refractivity contribution in [2.24, 2.45) is 5.73 Å². The average molecular weight is 227 g/mol. The van der Waals surface area contributed by atoms with Gasteiger partial charge in [-0.25, -0.2) is 0 Å². The van der Waals surface area contributed by atoms with E-state index in [0.717, 1.165) is 6.42 Å². The van der Waals surface area contributed by atoms with Gasteiger partial charge in [0.2, 0.25) is 5.89 Å². The lowest BCUT2D eigenvalue weighted by atomic mass is 9.88. The molecule has 0 bridgehead atoms. The summed E-state index contributed by atoms with van der Waals surface area (Å²) in [6, 6.07) is 0. The third kappa shape index (κ3) is 2.59. The van der Waals surface area contributed by atoms with E-state index in [1.807, 2.05) is 20.8 Å². The van der Waals surface area contributed by atoms with E-state index < -0.39 is 0 Å². The van der Waals surface area contributed by atoms with Gasteiger partial charge in [-0.1, -0.05) is 12.1 Å². The number of ether oxygens (including phenoxy) is 1. The fourth-order valence-electron chi connectivity index (χ4n) is 1.35. The average Bonchev–Trinajstić information content (AvgIpc) is 2.78. The van der Waals surface area contributed by atoms with Crippen LogP contribution in [0.15, 0.2) is 4.52 Å². The van der Waals surface area contributed by atoms with Crippen molar-refractivity contribution in [3.63, 3.8) is 0 Å². The molecular weight excluding hydrogens is 206 g/mol. The van der Waals surface area contributed by atoms with E-state index in [1.54, 1.807) is 0 Å². The molecule has 0 fully saturated rings. The highest BCUT2D eigenvalue weighted by molar-refractivity contribution is 5.04. The maximum absolute atomic E-state index is 5.73. The quantitative estimate of drug-likeness (QED) is 0.802. The zero-order valence-corrected chi connectivity index (χ0v) is 10.5. The van der Waals surface area contributed by atoms with E-state index in [1.165, 1.54) is 0 Å². The molecule has 0 radical (unpaired) electrons. The Morgan fingerprint density at radius 3 is 2.69 bits per heavy atom. The standard InChI is InChI=1S/C11H21N3O2/c1-5-11(4,7-12)10-13-9(14-16-10)8(3)15-6-2/h8H,5-7,12H2,1-4H3. The zero-order valence-electron chi connectivity index (χ0n) is 10.5. The van der Waals surface area contributed by atoms with Crippen LogP contribution in [0.3, 0.4) is 0 Å². The van der Waals surface area contributed by atoms with Gasteiger partial charge in [0.25, 0.3) is 0 Å². The fraction of sp³-hybridized carbons (Fsp3) is 0.818. The van der Waals surface area contributed by atoms with Gasteiger partial charge < -0.3 is 15.0 Å². The first-order chi connectivity index (χ1) is 7.57. The van der Waals surface area contributed by atoms with Gasteiger partial charge in [-0.05, 0) is 27.2 Å². The normalized spacial score (nSPS) is 17.1. The summed E-state index contributed by atoms with van der Waals surface area (Å²) in [6.45, 7) is 9.05. The van der Waals surface area contributed by atoms with Crippen molar-refractivity contribution >= 4 is 0 Å². The largest absolute Gasteiger partial charge is 0.371 e. The Morgan fingerprint density at radius 1 is 1.50 bits per heavy atom. The van der Waals surface area contributed by atoms with Crippen molar-refractivity contribution in [2.75, 3.05) is 13.2 Å². The van der Waals surface area contributed by atoms with Crippen molar-refractivity contribution in [2.45, 2.75) is 45.6 Å². The molecule has 0 saturated heterocycles. The Kier molecular flexibility index (Phi) is 4.44. The topological polar surface area (TPSA) is 74.2 Å². The minimum atomic E-state index is -0.239. The Labute approximate surface area is 96.4 Å². The molecule has 16 heavy (non-hydrogen) atoms. The van der Waals surface area contributed by atoms with Crippen LogP contribution in [-0.2, 0) is 10.2 Å². The van der Waals surface area contributed by atoms with Crippen molar-refractivity contribution in [3.8, 4) is 0 Å². The number of nitrogens with zero attached hydrogens (tertiary/aromatic N) is 2. The Bertz CT molecular complexity index is 321. The first-order valence-corrected chi connectivity index (χ1v) is 5.73. The molecule has 0 spiro atoms. The molecule has 92 valence electrons. The summed E-state index contributed by atoms with van der Waals surface area (Å²) in [5.74, 6) is 1.18. The highest BCUT2D eigenvalue weighted by Gasteiger charge is 2.30. The van der Waals surface area contributed by atoms with Gasteiger partial charge in [-0.3, -0.25) is 0 Å². The second-order valence-corrected chi connectivity index (χ2v) is 4.17. The molecule has 0 saturated carbocycles. The molecule has 1 heterocycles. The van der Waals surface area contributed by atoms with Crippen molar-refractivity contribution in [1.29, 1.82) is 0 Å². The predicted molar refractivity (Wildman–Crippen MR) is 61.0 cm³/mol. The van der Waals surface area contributed by atoms with Crippen LogP contribution in [0.25, 0.3) is 0 Å². The van der Waals surface area contributed by atoms with E-state index in [9.17, 15) is 0 Å². The van der Waals surface area contributed by atoms with Crippen LogP contribution in [0.2, 0.25) is 0 Å². The van der Waals surface area contributed by atoms with E-state index in [0.29, 0.717) is 24.9 Å². The molecule has 1 aromatic rings. The summed E-state index contributed by atoms with van der Waals surface area (Å²) in [5, 5.41) is 3.93. The number of rotatable bonds is 6. The van der Waals surface area contributed by atoms with Crippen LogP contribution in [-0.4, -0.2) is 23.3 Å². The van der Waals surface area contributed by atoms with Crippen molar-refractivity contribution < 1.29 is 9.26 Å². The SMILES string of the molecule is CCOC(C)c1noc(C(C)(CC)CN)n1. The lowest BCUT2D eigenvalue weighted by Gasteiger charge is -2.20. The van der Waals surface area contributed by atoms with Crippen LogP contribution < -0.4 is 5.73 Å². The summed E-state index contributed by atoms with van der Waals surface area (Å²) in [5.41, 5.74) is 5.50. The highest BCUT2D eigenvalue weighted by atomic mass is 16.5. The fourth-order valence-corrected chi connectivity index (χ4v) is 1.35. The molecule has 0 aliphatic heterocycles. The zero-order chi connectivity index (χ0) is 12.2. The van der Waals surface area contributed by atoms with Crippen molar-refractivity contribution in [1.82, 2.24) is 10.1 Å². The second kappa shape index (κ2) is 5.41. The molecule has 5 nitrogen and oxygen atoms in total. The molecular formula is C11H21N3O2. The first kappa shape index (κ1) is 13.1. The summed E-state index contributed by atoms with van der Waals surface area (Å²) < 4.78 is 10.7. The highest BCUT2D eigenvalue weighted by Crippen LogP contribution is 2.26. The van der Waals surface area contributed by atoms with Crippen LogP contribution >= 0.6 is 0 Å². The predicted octanol–water partition coefficient (Wildman–Crippen LogP) is 1.79. The smallest absolute Gasteiger partial charge is 0.233 e. The molecule has 2 unspecified atom stereocenters. The van der Waals surface area contributed by atoms with Crippen LogP contribution in [0.4, 0.5) is 0 Å². The summed E-state index contributed by atoms with van der Waals surface area (Å²) >= 11 is 0. The summed E-state index contributed by atoms with van der Waals surface area (Å²) in [6.07, 6.45) is 0.732. The molecule has 0 amide bonds. The maximum atomic E-state index is 5.73. The molecule has 0 aliphatic carbocycles. The van der Waals surface area contributed by atoms with Crippen LogP contribution in [0.5, 0.6) is 0 Å². The number of nitrogens with two attached hydrogens (primary N) is 1. The van der Waals surface area contributed by atoms with E-state index in [2.05, 4.69) is 17.1 Å². The Morgan fingerprint density at radius 2 is 2.19 bits per heavy atom. The Balaban J connectivity index is 2.85. The maximum Gasteiger partial charge on any atom is 0.233 e. The molecule has 1 rings (SSSR count). The first-order valence-electron chi connectivity index (χ1n) is 5.73. The van der Waals surface area contributed by atoms with Gasteiger partial charge in [-0.15, -0.1) is 0 Å². The minimum absolute atomic E-state index is 0.138. The van der Waals surface area contributed by atoms with Crippen molar-refractivity contribution in [3.05, 3.63) is 11.7 Å². The van der Waals surface area contributed by atoms with Gasteiger partial charge in [0.05, 0.1) is 5.41 Å². The summed E-state index contributed by atoms with van der Waals surface area (Å²) in [7, 11) is 0. The second-order valence-electron chi connectivity index (χ2n) is 4.17. The van der Waals surface area contributed by atoms with E-state index in [-0.39, 0.29) is 11.5 Å². The third-order valence-corrected chi connectivity index (χ3v) is 2.97. The lowest BCUT2D eigenvalue weighted by Crippen LogP contribution is -2.31. The van der Waals surface area contributed by atoms with Crippen LogP contribution in [0.1, 0.15) is 51.9 Å². The molecule has 2 atom stereocenters. The van der Waals surface area contributed by atoms with E-state index >= 15 is 0 Å². The number of aromatic nitrogens is 2. The van der Waals surface area contributed by atoms with Gasteiger partial charge in [0.1, 0.15) is 6.10 Å². The Hall–Kier alpha value is -0.940. The van der Waals surface area contributed by atoms with E-state index in [4.69, 9.17) is 15.0 Å². The molecule has 0 aromatic carbocycles. The summed E-state index contributed by atoms with van der Waals surface area (Å²) in [4.78, 5) is 4.36. The van der Waals surface area contributed by atoms with Gasteiger partial charge in [-0.2, -0.15) is 4.98 Å². The monoisotopic (exact) mass is 227 g/mol. The molecule has 2 N–H and O–H groups in total. The number of hydrogen-bond donors (Lipinski definition) is 1. The van der Waals surface area contributed by atoms with Crippen LogP contribution in [0, 0.1) is 0 Å². The van der Waals surface area contributed by atoms with Gasteiger partial charge in [0.15, 0.2) is 5.82 Å². The van der Waals surface area contributed by atoms with Gasteiger partial charge >= 0.3 is 0 Å². The van der Waals surface area contributed by atoms with Gasteiger partial charge in [0, 0.05) is 13.2 Å². The molecule has 5 heteroatoms. The minimum Gasteiger partial charge on any atom is -0.371 e. The lowest BCUT2D eigenvalue weighted by molar-refractivity contribution is 0.0683.